The van der Waals surface area contributed by atoms with Crippen LogP contribution in [0.5, 0.6) is 11.5 Å². The molecule has 1 aromatic heterocycles. The maximum Gasteiger partial charge on any atom is 0.395 e. The van der Waals surface area contributed by atoms with Crippen molar-refractivity contribution in [3.8, 4) is 11.5 Å². The molecule has 226 valence electrons. The lowest BCUT2D eigenvalue weighted by Crippen LogP contribution is -2.65. The Morgan fingerprint density at radius 3 is 2.64 bits per heavy atom. The van der Waals surface area contributed by atoms with Crippen molar-refractivity contribution in [2.75, 3.05) is 6.61 Å². The number of nitrogens with one attached hydrogen (secondary N) is 1. The number of esters is 1. The van der Waals surface area contributed by atoms with Crippen molar-refractivity contribution < 1.29 is 42.3 Å². The molecule has 0 bridgehead atoms. The van der Waals surface area contributed by atoms with Gasteiger partial charge in [0.05, 0.1) is 17.2 Å². The van der Waals surface area contributed by atoms with Crippen molar-refractivity contribution in [2.24, 2.45) is 4.74 Å². The number of halogens is 3. The molecule has 2 N–H and O–H groups in total. The first-order chi connectivity index (χ1) is 19.6. The predicted octanol–water partition coefficient (Wildman–Crippen LogP) is 3.52. The summed E-state index contributed by atoms with van der Waals surface area (Å²) >= 11 is 2.88. The monoisotopic (exact) mass is 673 g/mol. The summed E-state index contributed by atoms with van der Waals surface area (Å²) in [5, 5.41) is 12.2. The fraction of sp³-hybridized carbons (Fsp3) is 0.423. The molecule has 0 radical (unpaired) electrons. The second-order valence-electron chi connectivity index (χ2n) is 9.86. The van der Waals surface area contributed by atoms with E-state index in [0.717, 1.165) is 13.1 Å². The molecule has 12 nitrogen and oxygen atoms in total. The first kappa shape index (κ1) is 31.7. The molecule has 1 aliphatic heterocycles. The summed E-state index contributed by atoms with van der Waals surface area (Å²) in [6.07, 6.45) is -0.434. The Morgan fingerprint density at radius 2 is 1.95 bits per heavy atom. The van der Waals surface area contributed by atoms with Crippen molar-refractivity contribution >= 4 is 40.8 Å². The van der Waals surface area contributed by atoms with Crippen molar-refractivity contribution in [3.63, 3.8) is 0 Å². The molecule has 42 heavy (non-hydrogen) atoms. The molecule has 2 heterocycles. The minimum atomic E-state index is -3.72. The standard InChI is InChI=1S/C26H27BrF2N3O9P/c1-14(2)39-22(34)15(3)31-42(37)41-20-17-8-6-5-7-16(17)9-10-19(20)40-24(4,36)26(29)25(28,11-12-38-26)32-13-18(27)21(33)30-23(32)35/h5-10,13-15,36H,11-12H2,1-4H3,(H,30,33,35)/t15-,24-,25+,26+/m0/s1. The van der Waals surface area contributed by atoms with Gasteiger partial charge in [-0.25, -0.2) is 14.0 Å². The van der Waals surface area contributed by atoms with Gasteiger partial charge in [-0.2, -0.15) is 4.39 Å². The highest BCUT2D eigenvalue weighted by atomic mass is 79.9. The molecule has 1 fully saturated rings. The van der Waals surface area contributed by atoms with Gasteiger partial charge in [0.1, 0.15) is 0 Å². The van der Waals surface area contributed by atoms with Crippen LogP contribution in [0.25, 0.3) is 10.8 Å². The van der Waals surface area contributed by atoms with Gasteiger partial charge >= 0.3 is 25.7 Å². The van der Waals surface area contributed by atoms with Gasteiger partial charge in [-0.05, 0) is 48.2 Å². The van der Waals surface area contributed by atoms with Crippen LogP contribution in [0.15, 0.2) is 61.4 Å². The van der Waals surface area contributed by atoms with Crippen LogP contribution in [-0.4, -0.2) is 51.0 Å². The third-order valence-corrected chi connectivity index (χ3v) is 7.82. The van der Waals surface area contributed by atoms with Crippen LogP contribution < -0.4 is 25.4 Å². The topological polar surface area (TPSA) is 164 Å². The Hall–Kier alpha value is -3.23. The second-order valence-corrected chi connectivity index (χ2v) is 11.6. The highest BCUT2D eigenvalue weighted by Gasteiger charge is 2.72. The number of alkyl halides is 2. The van der Waals surface area contributed by atoms with Gasteiger partial charge < -0.3 is 24.2 Å². The molecule has 5 atom stereocenters. The summed E-state index contributed by atoms with van der Waals surface area (Å²) in [4.78, 5) is 51.1. The molecule has 0 spiro atoms. The van der Waals surface area contributed by atoms with Crippen LogP contribution in [0.3, 0.4) is 0 Å². The van der Waals surface area contributed by atoms with E-state index in [9.17, 15) is 24.4 Å². The molecule has 0 amide bonds. The number of fused-ring (bicyclic) bond motifs is 1. The highest BCUT2D eigenvalue weighted by Crippen LogP contribution is 2.52. The number of hydrogen-bond acceptors (Lipinski definition) is 10. The number of aromatic amines is 1. The number of aliphatic hydroxyl groups is 1. The molecular formula is C26H27BrF2N3O9P. The Kier molecular flexibility index (Phi) is 8.91. The number of nitrogens with zero attached hydrogens (tertiary/aromatic N) is 2. The van der Waals surface area contributed by atoms with E-state index in [-0.39, 0.29) is 20.5 Å². The Labute approximate surface area is 246 Å². The molecule has 16 heteroatoms. The summed E-state index contributed by atoms with van der Waals surface area (Å²) in [6, 6.07) is 8.17. The summed E-state index contributed by atoms with van der Waals surface area (Å²) < 4.78 is 58.1. The van der Waals surface area contributed by atoms with Crippen LogP contribution in [0, 0.1) is 0 Å². The summed E-state index contributed by atoms with van der Waals surface area (Å²) in [5.41, 5.74) is -2.18. The maximum absolute atomic E-state index is 16.6. The number of rotatable bonds is 9. The highest BCUT2D eigenvalue weighted by molar-refractivity contribution is 9.10. The van der Waals surface area contributed by atoms with E-state index in [1.54, 1.807) is 38.1 Å². The Balaban J connectivity index is 1.75. The number of benzene rings is 2. The second kappa shape index (κ2) is 11.8. The van der Waals surface area contributed by atoms with Crippen molar-refractivity contribution in [2.45, 2.75) is 63.7 Å². The molecule has 1 saturated heterocycles. The van der Waals surface area contributed by atoms with Crippen molar-refractivity contribution in [1.29, 1.82) is 0 Å². The van der Waals surface area contributed by atoms with E-state index < -0.39 is 68.0 Å². The molecule has 1 aliphatic rings. The molecule has 1 unspecified atom stereocenters. The molecule has 4 rings (SSSR count). The fourth-order valence-electron chi connectivity index (χ4n) is 4.37. The number of H-pyrrole nitrogens is 1. The van der Waals surface area contributed by atoms with Crippen LogP contribution in [0.4, 0.5) is 8.78 Å². The zero-order valence-electron chi connectivity index (χ0n) is 22.8. The zero-order valence-corrected chi connectivity index (χ0v) is 25.3. The van der Waals surface area contributed by atoms with Gasteiger partial charge in [0.25, 0.3) is 17.1 Å². The minimum Gasteiger partial charge on any atom is -0.575 e. The Bertz CT molecular complexity index is 1660. The van der Waals surface area contributed by atoms with Gasteiger partial charge in [0.15, 0.2) is 11.8 Å². The van der Waals surface area contributed by atoms with E-state index in [2.05, 4.69) is 20.7 Å². The first-order valence-corrected chi connectivity index (χ1v) is 14.6. The lowest BCUT2D eigenvalue weighted by atomic mass is 9.96. The van der Waals surface area contributed by atoms with Gasteiger partial charge in [-0.15, -0.1) is 0 Å². The van der Waals surface area contributed by atoms with E-state index >= 15 is 8.78 Å². The number of aromatic nitrogens is 2. The number of carbonyl (C=O) groups is 1. The average Bonchev–Trinajstić information content (AvgIpc) is 3.23. The van der Waals surface area contributed by atoms with Crippen LogP contribution in [0.1, 0.15) is 34.1 Å². The van der Waals surface area contributed by atoms with E-state index in [1.807, 2.05) is 4.98 Å². The average molecular weight is 674 g/mol. The zero-order chi connectivity index (χ0) is 31.0. The van der Waals surface area contributed by atoms with E-state index in [0.29, 0.717) is 10.8 Å². The third-order valence-electron chi connectivity index (χ3n) is 6.39. The van der Waals surface area contributed by atoms with Crippen molar-refractivity contribution in [3.05, 3.63) is 67.9 Å². The normalized spacial score (nSPS) is 23.0. The van der Waals surface area contributed by atoms with Gasteiger partial charge in [-0.3, -0.25) is 18.9 Å². The molecule has 2 aromatic carbocycles. The SMILES string of the molecule is CC(C)OC(=O)[C@H](C)N=[P+]([O-])Oc1c(O[C@](C)(O)[C@@]2(F)OCC[C@@]2(F)n2cc(Br)c(=O)[nH]c2=O)ccc2ccccc12. The smallest absolute Gasteiger partial charge is 0.395 e. The third kappa shape index (κ3) is 5.84. The van der Waals surface area contributed by atoms with Gasteiger partial charge in [-0.1, -0.05) is 35.1 Å². The summed E-state index contributed by atoms with van der Waals surface area (Å²) in [5.74, 6) is -11.6. The van der Waals surface area contributed by atoms with E-state index in [4.69, 9.17) is 18.7 Å². The summed E-state index contributed by atoms with van der Waals surface area (Å²) in [6.45, 7) is 4.82. The lowest BCUT2D eigenvalue weighted by Gasteiger charge is -2.41. The molecular weight excluding hydrogens is 647 g/mol. The van der Waals surface area contributed by atoms with Gasteiger partial charge in [0.2, 0.25) is 5.75 Å². The fourth-order valence-corrected chi connectivity index (χ4v) is 5.44. The number of hydrogen-bond donors (Lipinski definition) is 2. The van der Waals surface area contributed by atoms with E-state index in [1.165, 1.54) is 19.1 Å². The van der Waals surface area contributed by atoms with Crippen LogP contribution in [0.2, 0.25) is 0 Å². The van der Waals surface area contributed by atoms with Crippen molar-refractivity contribution in [1.82, 2.24) is 9.55 Å². The molecule has 0 aliphatic carbocycles. The Morgan fingerprint density at radius 1 is 1.26 bits per heavy atom. The first-order valence-electron chi connectivity index (χ1n) is 12.6. The van der Waals surface area contributed by atoms with Crippen LogP contribution >= 0.6 is 24.1 Å². The predicted molar refractivity (Wildman–Crippen MR) is 148 cm³/mol. The summed E-state index contributed by atoms with van der Waals surface area (Å²) in [7, 11) is -2.94. The molecule has 0 saturated carbocycles. The van der Waals surface area contributed by atoms with Gasteiger partial charge in [0, 0.05) is 24.9 Å². The van der Waals surface area contributed by atoms with Crippen LogP contribution in [-0.2, 0) is 20.1 Å². The molecule has 3 aromatic rings. The number of ether oxygens (including phenoxy) is 3. The number of carbonyl (C=O) groups excluding carboxylic acids is 1. The lowest BCUT2D eigenvalue weighted by molar-refractivity contribution is -0.354. The largest absolute Gasteiger partial charge is 0.575 e. The minimum absolute atomic E-state index is 0.258. The quantitative estimate of drug-likeness (QED) is 0.196. The maximum atomic E-state index is 16.6.